The number of amides is 1. The molecule has 9 heteroatoms. The van der Waals surface area contributed by atoms with Gasteiger partial charge in [0.15, 0.2) is 5.96 Å². The van der Waals surface area contributed by atoms with E-state index in [1.54, 1.807) is 25.3 Å². The Labute approximate surface area is 199 Å². The van der Waals surface area contributed by atoms with Crippen molar-refractivity contribution < 1.29 is 9.21 Å². The molecule has 0 aliphatic carbocycles. The third-order valence-electron chi connectivity index (χ3n) is 4.52. The third-order valence-corrected chi connectivity index (χ3v) is 4.52. The minimum atomic E-state index is -0.0250. The largest absolute Gasteiger partial charge is 0.469 e. The maximum Gasteiger partial charge on any atom is 0.241 e. The molecule has 0 bridgehead atoms. The number of para-hydroxylation sites is 1. The fraction of sp³-hybridized carbons (Fsp3) is 0.318. The molecule has 0 radical (unpaired) electrons. The van der Waals surface area contributed by atoms with Gasteiger partial charge in [0.1, 0.15) is 5.76 Å². The van der Waals surface area contributed by atoms with Gasteiger partial charge in [-0.3, -0.25) is 4.79 Å². The van der Waals surface area contributed by atoms with Gasteiger partial charge in [-0.1, -0.05) is 18.2 Å². The first kappa shape index (κ1) is 24.4. The van der Waals surface area contributed by atoms with Crippen LogP contribution in [0.4, 0.5) is 0 Å². The Kier molecular flexibility index (Phi) is 9.57. The van der Waals surface area contributed by atoms with E-state index in [0.29, 0.717) is 19.0 Å². The Morgan fingerprint density at radius 2 is 1.97 bits per heavy atom. The van der Waals surface area contributed by atoms with Crippen molar-refractivity contribution >= 4 is 35.8 Å². The molecular formula is C22H29IN6O2. The number of hydrogen-bond donors (Lipinski definition) is 2. The zero-order valence-corrected chi connectivity index (χ0v) is 20.4. The zero-order valence-electron chi connectivity index (χ0n) is 18.0. The van der Waals surface area contributed by atoms with Crippen molar-refractivity contribution in [2.75, 3.05) is 27.2 Å². The molecule has 166 valence electrons. The molecular weight excluding hydrogens is 507 g/mol. The first-order valence-corrected chi connectivity index (χ1v) is 9.88. The van der Waals surface area contributed by atoms with E-state index in [4.69, 9.17) is 4.42 Å². The molecule has 0 saturated carbocycles. The summed E-state index contributed by atoms with van der Waals surface area (Å²) in [4.78, 5) is 18.2. The minimum Gasteiger partial charge on any atom is -0.469 e. The fourth-order valence-electron chi connectivity index (χ4n) is 2.83. The summed E-state index contributed by atoms with van der Waals surface area (Å²) < 4.78 is 7.22. The summed E-state index contributed by atoms with van der Waals surface area (Å²) in [5.41, 5.74) is 2.97. The van der Waals surface area contributed by atoms with Crippen molar-refractivity contribution in [3.63, 3.8) is 0 Å². The number of halogens is 1. The standard InChI is InChI=1S/C22H28N6O2.HI/c1-17-11-13-28(26-17)20-9-5-4-7-18(20)15-24-22(25-16-21(29)27(2)3)23-12-10-19-8-6-14-30-19;/h4-9,11,13-14H,10,12,15-16H2,1-3H3,(H2,23,24,25);1H. The van der Waals surface area contributed by atoms with Gasteiger partial charge in [-0.25, -0.2) is 9.67 Å². The SMILES string of the molecule is Cc1ccn(-c2ccccc2CN=C(NCCc2ccco2)NCC(=O)N(C)C)n1.I. The van der Waals surface area contributed by atoms with Crippen LogP contribution in [0.25, 0.3) is 5.69 Å². The monoisotopic (exact) mass is 536 g/mol. The summed E-state index contributed by atoms with van der Waals surface area (Å²) in [6, 6.07) is 13.8. The Morgan fingerprint density at radius 1 is 1.16 bits per heavy atom. The molecule has 2 heterocycles. The van der Waals surface area contributed by atoms with Crippen LogP contribution < -0.4 is 10.6 Å². The molecule has 0 saturated heterocycles. The first-order chi connectivity index (χ1) is 14.5. The number of aliphatic imine (C=N–C) groups is 1. The van der Waals surface area contributed by atoms with Gasteiger partial charge < -0.3 is 20.0 Å². The van der Waals surface area contributed by atoms with E-state index in [1.807, 2.05) is 60.3 Å². The van der Waals surface area contributed by atoms with Gasteiger partial charge in [0, 0.05) is 33.3 Å². The molecule has 1 amide bonds. The molecule has 31 heavy (non-hydrogen) atoms. The van der Waals surface area contributed by atoms with Crippen molar-refractivity contribution in [2.45, 2.75) is 19.9 Å². The number of carbonyl (C=O) groups excluding carboxylic acids is 1. The summed E-state index contributed by atoms with van der Waals surface area (Å²) in [5, 5.41) is 10.9. The van der Waals surface area contributed by atoms with Gasteiger partial charge in [-0.05, 0) is 36.8 Å². The van der Waals surface area contributed by atoms with Crippen molar-refractivity contribution in [3.8, 4) is 5.69 Å². The Bertz CT molecular complexity index is 982. The van der Waals surface area contributed by atoms with Gasteiger partial charge in [0.2, 0.25) is 5.91 Å². The lowest BCUT2D eigenvalue weighted by atomic mass is 10.2. The average Bonchev–Trinajstić information content (AvgIpc) is 3.41. The number of likely N-dealkylation sites (N-methyl/N-ethyl adjacent to an activating group) is 1. The van der Waals surface area contributed by atoms with E-state index in [-0.39, 0.29) is 36.4 Å². The van der Waals surface area contributed by atoms with Crippen LogP contribution in [-0.2, 0) is 17.8 Å². The molecule has 2 N–H and O–H groups in total. The highest BCUT2D eigenvalue weighted by atomic mass is 127. The van der Waals surface area contributed by atoms with Crippen LogP contribution in [0.5, 0.6) is 0 Å². The molecule has 0 fully saturated rings. The summed E-state index contributed by atoms with van der Waals surface area (Å²) in [7, 11) is 3.46. The van der Waals surface area contributed by atoms with Gasteiger partial charge in [0.25, 0.3) is 0 Å². The van der Waals surface area contributed by atoms with Crippen LogP contribution in [-0.4, -0.2) is 53.7 Å². The zero-order chi connectivity index (χ0) is 21.3. The molecule has 0 unspecified atom stereocenters. The van der Waals surface area contributed by atoms with Gasteiger partial charge >= 0.3 is 0 Å². The lowest BCUT2D eigenvalue weighted by molar-refractivity contribution is -0.127. The van der Waals surface area contributed by atoms with Crippen LogP contribution in [0, 0.1) is 6.92 Å². The van der Waals surface area contributed by atoms with Crippen molar-refractivity contribution in [3.05, 3.63) is 71.9 Å². The van der Waals surface area contributed by atoms with Crippen LogP contribution in [0.2, 0.25) is 0 Å². The first-order valence-electron chi connectivity index (χ1n) is 9.88. The number of rotatable bonds is 8. The molecule has 0 spiro atoms. The van der Waals surface area contributed by atoms with E-state index in [9.17, 15) is 4.79 Å². The number of carbonyl (C=O) groups is 1. The van der Waals surface area contributed by atoms with Crippen LogP contribution in [0.1, 0.15) is 17.0 Å². The summed E-state index contributed by atoms with van der Waals surface area (Å²) in [6.45, 7) is 3.21. The number of nitrogens with zero attached hydrogens (tertiary/aromatic N) is 4. The number of benzene rings is 1. The molecule has 3 aromatic rings. The molecule has 8 nitrogen and oxygen atoms in total. The molecule has 0 atom stereocenters. The van der Waals surface area contributed by atoms with Gasteiger partial charge in [-0.15, -0.1) is 24.0 Å². The lowest BCUT2D eigenvalue weighted by Crippen LogP contribution is -2.43. The van der Waals surface area contributed by atoms with Crippen LogP contribution in [0.15, 0.2) is 64.3 Å². The van der Waals surface area contributed by atoms with E-state index in [0.717, 1.165) is 29.1 Å². The summed E-state index contributed by atoms with van der Waals surface area (Å²) in [6.07, 6.45) is 4.32. The quantitative estimate of drug-likeness (QED) is 0.263. The number of guanidine groups is 1. The molecule has 2 aromatic heterocycles. The topological polar surface area (TPSA) is 87.7 Å². The molecule has 0 aliphatic heterocycles. The summed E-state index contributed by atoms with van der Waals surface area (Å²) >= 11 is 0. The smallest absolute Gasteiger partial charge is 0.241 e. The Balaban J connectivity index is 0.00000341. The maximum absolute atomic E-state index is 12.0. The number of furan rings is 1. The van der Waals surface area contributed by atoms with Crippen molar-refractivity contribution in [1.29, 1.82) is 0 Å². The predicted molar refractivity (Wildman–Crippen MR) is 132 cm³/mol. The third kappa shape index (κ3) is 7.42. The van der Waals surface area contributed by atoms with Crippen molar-refractivity contribution in [2.24, 2.45) is 4.99 Å². The van der Waals surface area contributed by atoms with E-state index in [1.165, 1.54) is 0 Å². The number of hydrogen-bond acceptors (Lipinski definition) is 4. The normalized spacial score (nSPS) is 11.0. The number of nitrogens with one attached hydrogen (secondary N) is 2. The predicted octanol–water partition coefficient (Wildman–Crippen LogP) is 2.76. The van der Waals surface area contributed by atoms with Gasteiger partial charge in [-0.2, -0.15) is 5.10 Å². The average molecular weight is 536 g/mol. The highest BCUT2D eigenvalue weighted by molar-refractivity contribution is 14.0. The van der Waals surface area contributed by atoms with Crippen LogP contribution in [0.3, 0.4) is 0 Å². The highest BCUT2D eigenvalue weighted by Crippen LogP contribution is 2.15. The molecule has 0 aliphatic rings. The van der Waals surface area contributed by atoms with E-state index >= 15 is 0 Å². The highest BCUT2D eigenvalue weighted by Gasteiger charge is 2.08. The second kappa shape index (κ2) is 12.1. The second-order valence-electron chi connectivity index (χ2n) is 7.09. The lowest BCUT2D eigenvalue weighted by Gasteiger charge is -2.15. The number of aromatic nitrogens is 2. The van der Waals surface area contributed by atoms with Crippen molar-refractivity contribution in [1.82, 2.24) is 25.3 Å². The molecule has 3 rings (SSSR count). The minimum absolute atomic E-state index is 0. The number of aryl methyl sites for hydroxylation is 1. The Hall–Kier alpha value is -2.82. The maximum atomic E-state index is 12.0. The van der Waals surface area contributed by atoms with Crippen LogP contribution >= 0.6 is 24.0 Å². The van der Waals surface area contributed by atoms with Gasteiger partial charge in [0.05, 0.1) is 30.7 Å². The fourth-order valence-corrected chi connectivity index (χ4v) is 2.83. The van der Waals surface area contributed by atoms with E-state index in [2.05, 4.69) is 20.7 Å². The molecule has 1 aromatic carbocycles. The second-order valence-corrected chi connectivity index (χ2v) is 7.09. The Morgan fingerprint density at radius 3 is 2.65 bits per heavy atom. The van der Waals surface area contributed by atoms with E-state index < -0.39 is 0 Å². The summed E-state index contributed by atoms with van der Waals surface area (Å²) in [5.74, 6) is 1.44.